The van der Waals surface area contributed by atoms with Crippen LogP contribution in [0.15, 0.2) is 54.6 Å². The van der Waals surface area contributed by atoms with Gasteiger partial charge in [0.1, 0.15) is 0 Å². The van der Waals surface area contributed by atoms with Crippen LogP contribution in [0.25, 0.3) is 16.6 Å². The van der Waals surface area contributed by atoms with Crippen molar-refractivity contribution in [2.75, 3.05) is 20.1 Å². The van der Waals surface area contributed by atoms with E-state index >= 15 is 0 Å². The molecule has 0 saturated heterocycles. The fourth-order valence-electron chi connectivity index (χ4n) is 3.93. The van der Waals surface area contributed by atoms with E-state index in [1.54, 1.807) is 5.56 Å². The molecule has 112 valence electrons. The lowest BCUT2D eigenvalue weighted by atomic mass is 9.97. The van der Waals surface area contributed by atoms with Crippen molar-refractivity contribution >= 4 is 10.9 Å². The molecule has 2 heterocycles. The molecule has 3 aromatic rings. The molecule has 2 heteroatoms. The highest BCUT2D eigenvalue weighted by Crippen LogP contribution is 2.36. The van der Waals surface area contributed by atoms with Crippen molar-refractivity contribution in [3.63, 3.8) is 0 Å². The van der Waals surface area contributed by atoms with E-state index in [1.807, 2.05) is 0 Å². The van der Waals surface area contributed by atoms with Gasteiger partial charge in [0.05, 0.1) is 5.52 Å². The van der Waals surface area contributed by atoms with Gasteiger partial charge in [0.25, 0.3) is 0 Å². The molecule has 0 N–H and O–H groups in total. The summed E-state index contributed by atoms with van der Waals surface area (Å²) in [6, 6.07) is 19.6. The van der Waals surface area contributed by atoms with E-state index in [9.17, 15) is 0 Å². The normalized spacial score (nSPS) is 19.1. The van der Waals surface area contributed by atoms with Gasteiger partial charge in [-0.15, -0.1) is 0 Å². The number of likely N-dealkylation sites (N-methyl/N-ethyl adjacent to an activating group) is 1. The van der Waals surface area contributed by atoms with Crippen LogP contribution in [0.3, 0.4) is 0 Å². The maximum atomic E-state index is 2.47. The molecule has 0 radical (unpaired) electrons. The standard InChI is InChI=1S/C20H22N2/c1-15-14-21(2)13-12-19-20(15)17-10-6-7-11-18(17)22(19)16-8-4-3-5-9-16/h3-11,15H,12-14H2,1-2H3. The Hall–Kier alpha value is -2.06. The van der Waals surface area contributed by atoms with Gasteiger partial charge in [-0.3, -0.25) is 0 Å². The van der Waals surface area contributed by atoms with Gasteiger partial charge in [-0.25, -0.2) is 0 Å². The van der Waals surface area contributed by atoms with Crippen molar-refractivity contribution in [2.24, 2.45) is 0 Å². The minimum atomic E-state index is 0.567. The summed E-state index contributed by atoms with van der Waals surface area (Å²) in [7, 11) is 2.23. The van der Waals surface area contributed by atoms with Gasteiger partial charge in [0.2, 0.25) is 0 Å². The van der Waals surface area contributed by atoms with Crippen molar-refractivity contribution in [1.82, 2.24) is 9.47 Å². The van der Waals surface area contributed by atoms with Crippen molar-refractivity contribution < 1.29 is 0 Å². The Morgan fingerprint density at radius 3 is 2.50 bits per heavy atom. The van der Waals surface area contributed by atoms with Crippen LogP contribution in [0.2, 0.25) is 0 Å². The van der Waals surface area contributed by atoms with Crippen molar-refractivity contribution in [3.05, 3.63) is 65.9 Å². The second-order valence-electron chi connectivity index (χ2n) is 6.46. The first-order valence-electron chi connectivity index (χ1n) is 8.12. The van der Waals surface area contributed by atoms with Gasteiger partial charge in [-0.05, 0) is 36.7 Å². The molecular weight excluding hydrogens is 268 g/mol. The van der Waals surface area contributed by atoms with Gasteiger partial charge >= 0.3 is 0 Å². The van der Waals surface area contributed by atoms with Crippen LogP contribution in [0.4, 0.5) is 0 Å². The first kappa shape index (κ1) is 13.6. The number of para-hydroxylation sites is 2. The maximum absolute atomic E-state index is 2.47. The van der Waals surface area contributed by atoms with E-state index in [2.05, 4.69) is 78.0 Å². The van der Waals surface area contributed by atoms with Crippen molar-refractivity contribution in [1.29, 1.82) is 0 Å². The number of hydrogen-bond acceptors (Lipinski definition) is 1. The second kappa shape index (κ2) is 5.29. The molecule has 1 aromatic heterocycles. The lowest BCUT2D eigenvalue weighted by Crippen LogP contribution is -2.23. The summed E-state index contributed by atoms with van der Waals surface area (Å²) in [5.41, 5.74) is 5.65. The third-order valence-electron chi connectivity index (χ3n) is 4.84. The Kier molecular flexibility index (Phi) is 3.27. The first-order valence-corrected chi connectivity index (χ1v) is 8.12. The van der Waals surface area contributed by atoms with E-state index in [0.717, 1.165) is 19.5 Å². The fraction of sp³-hybridized carbons (Fsp3) is 0.300. The van der Waals surface area contributed by atoms with E-state index in [1.165, 1.54) is 22.3 Å². The third-order valence-corrected chi connectivity index (χ3v) is 4.84. The topological polar surface area (TPSA) is 8.17 Å². The fourth-order valence-corrected chi connectivity index (χ4v) is 3.93. The van der Waals surface area contributed by atoms with Gasteiger partial charge in [-0.1, -0.05) is 43.3 Å². The molecule has 0 fully saturated rings. The number of benzene rings is 2. The zero-order valence-corrected chi connectivity index (χ0v) is 13.3. The number of fused-ring (bicyclic) bond motifs is 3. The predicted octanol–water partition coefficient (Wildman–Crippen LogP) is 4.22. The molecule has 0 aliphatic carbocycles. The van der Waals surface area contributed by atoms with Gasteiger partial charge in [0, 0.05) is 36.3 Å². The monoisotopic (exact) mass is 290 g/mol. The highest BCUT2D eigenvalue weighted by molar-refractivity contribution is 5.88. The quantitative estimate of drug-likeness (QED) is 0.651. The Morgan fingerprint density at radius 2 is 1.68 bits per heavy atom. The largest absolute Gasteiger partial charge is 0.313 e. The van der Waals surface area contributed by atoms with E-state index in [0.29, 0.717) is 5.92 Å². The van der Waals surface area contributed by atoms with Crippen LogP contribution in [-0.4, -0.2) is 29.6 Å². The Balaban J connectivity index is 2.05. The molecule has 1 atom stereocenters. The summed E-state index contributed by atoms with van der Waals surface area (Å²) in [5, 5.41) is 1.42. The molecule has 2 aromatic carbocycles. The Labute approximate surface area is 132 Å². The minimum Gasteiger partial charge on any atom is -0.313 e. The second-order valence-corrected chi connectivity index (χ2v) is 6.46. The highest BCUT2D eigenvalue weighted by atomic mass is 15.1. The lowest BCUT2D eigenvalue weighted by molar-refractivity contribution is 0.331. The Bertz CT molecular complexity index is 801. The molecule has 1 aliphatic rings. The number of nitrogens with zero attached hydrogens (tertiary/aromatic N) is 2. The van der Waals surface area contributed by atoms with Crippen LogP contribution in [0, 0.1) is 0 Å². The maximum Gasteiger partial charge on any atom is 0.0534 e. The summed E-state index contributed by atoms with van der Waals surface area (Å²) >= 11 is 0. The van der Waals surface area contributed by atoms with E-state index in [-0.39, 0.29) is 0 Å². The van der Waals surface area contributed by atoms with Crippen molar-refractivity contribution in [2.45, 2.75) is 19.3 Å². The molecule has 0 amide bonds. The van der Waals surface area contributed by atoms with Crippen LogP contribution < -0.4 is 0 Å². The molecule has 4 rings (SSSR count). The summed E-state index contributed by atoms with van der Waals surface area (Å²) in [4.78, 5) is 2.45. The third kappa shape index (κ3) is 2.06. The molecule has 1 aliphatic heterocycles. The van der Waals surface area contributed by atoms with E-state index < -0.39 is 0 Å². The smallest absolute Gasteiger partial charge is 0.0534 e. The molecule has 0 spiro atoms. The summed E-state index contributed by atoms with van der Waals surface area (Å²) in [5.74, 6) is 0.567. The number of hydrogen-bond donors (Lipinski definition) is 0. The summed E-state index contributed by atoms with van der Waals surface area (Å²) in [6.07, 6.45) is 1.11. The molecule has 0 saturated carbocycles. The molecule has 22 heavy (non-hydrogen) atoms. The molecule has 2 nitrogen and oxygen atoms in total. The lowest BCUT2D eigenvalue weighted by Gasteiger charge is -2.17. The van der Waals surface area contributed by atoms with Crippen molar-refractivity contribution in [3.8, 4) is 5.69 Å². The van der Waals surface area contributed by atoms with Crippen LogP contribution >= 0.6 is 0 Å². The SMILES string of the molecule is CC1CN(C)CCc2c1c1ccccc1n2-c1ccccc1. The average Bonchev–Trinajstić information content (AvgIpc) is 2.80. The average molecular weight is 290 g/mol. The van der Waals surface area contributed by atoms with Crippen LogP contribution in [-0.2, 0) is 6.42 Å². The summed E-state index contributed by atoms with van der Waals surface area (Å²) < 4.78 is 2.47. The van der Waals surface area contributed by atoms with E-state index in [4.69, 9.17) is 0 Å². The van der Waals surface area contributed by atoms with Gasteiger partial charge in [-0.2, -0.15) is 0 Å². The van der Waals surface area contributed by atoms with Gasteiger partial charge in [0.15, 0.2) is 0 Å². The zero-order valence-electron chi connectivity index (χ0n) is 13.3. The molecular formula is C20H22N2. The first-order chi connectivity index (χ1) is 10.8. The Morgan fingerprint density at radius 1 is 0.955 bits per heavy atom. The number of aromatic nitrogens is 1. The molecule has 1 unspecified atom stereocenters. The minimum absolute atomic E-state index is 0.567. The number of rotatable bonds is 1. The molecule has 0 bridgehead atoms. The summed E-state index contributed by atoms with van der Waals surface area (Å²) in [6.45, 7) is 4.62. The van der Waals surface area contributed by atoms with Crippen LogP contribution in [0.5, 0.6) is 0 Å². The van der Waals surface area contributed by atoms with Crippen LogP contribution in [0.1, 0.15) is 24.1 Å². The highest BCUT2D eigenvalue weighted by Gasteiger charge is 2.25. The zero-order chi connectivity index (χ0) is 15.1. The predicted molar refractivity (Wildman–Crippen MR) is 92.9 cm³/mol. The van der Waals surface area contributed by atoms with Gasteiger partial charge < -0.3 is 9.47 Å².